The van der Waals surface area contributed by atoms with Crippen molar-refractivity contribution in [2.24, 2.45) is 0 Å². The summed E-state index contributed by atoms with van der Waals surface area (Å²) in [5.41, 5.74) is 0.569. The molecule has 0 aromatic heterocycles. The van der Waals surface area contributed by atoms with Gasteiger partial charge >= 0.3 is 11.9 Å². The molecule has 0 unspecified atom stereocenters. The lowest BCUT2D eigenvalue weighted by Gasteiger charge is -2.06. The molecule has 1 aromatic rings. The van der Waals surface area contributed by atoms with Gasteiger partial charge in [0.25, 0.3) is 0 Å². The van der Waals surface area contributed by atoms with Gasteiger partial charge in [0.2, 0.25) is 0 Å². The van der Waals surface area contributed by atoms with E-state index in [0.29, 0.717) is 24.3 Å². The second-order valence-corrected chi connectivity index (χ2v) is 7.10. The smallest absolute Gasteiger partial charge is 0.311 e. The third kappa shape index (κ3) is 11.5. The van der Waals surface area contributed by atoms with E-state index in [2.05, 4.69) is 6.92 Å². The standard InChI is InChI=1S/C23H34O5/c1-3-4-5-6-7-8-9-10-18-27-22(25)12-11-13-23(26)28-21-16-14-20(15-17-21)19(2)24/h14-17H,3-13,18H2,1-2H3. The van der Waals surface area contributed by atoms with E-state index in [1.807, 2.05) is 0 Å². The van der Waals surface area contributed by atoms with Crippen molar-refractivity contribution in [2.75, 3.05) is 6.61 Å². The zero-order valence-corrected chi connectivity index (χ0v) is 17.3. The van der Waals surface area contributed by atoms with E-state index in [-0.39, 0.29) is 24.6 Å². The summed E-state index contributed by atoms with van der Waals surface area (Å²) in [5.74, 6) is -0.302. The van der Waals surface area contributed by atoms with Gasteiger partial charge in [0.15, 0.2) is 5.78 Å². The summed E-state index contributed by atoms with van der Waals surface area (Å²) in [5, 5.41) is 0. The van der Waals surface area contributed by atoms with E-state index in [0.717, 1.165) is 12.8 Å². The van der Waals surface area contributed by atoms with E-state index in [1.54, 1.807) is 24.3 Å². The number of hydrogen-bond acceptors (Lipinski definition) is 5. The van der Waals surface area contributed by atoms with Gasteiger partial charge in [-0.1, -0.05) is 51.9 Å². The highest BCUT2D eigenvalue weighted by Crippen LogP contribution is 2.14. The van der Waals surface area contributed by atoms with Crippen molar-refractivity contribution in [1.82, 2.24) is 0 Å². The van der Waals surface area contributed by atoms with Crippen molar-refractivity contribution in [1.29, 1.82) is 0 Å². The number of Topliss-reactive ketones (excluding diaryl/α,β-unsaturated/α-hetero) is 1. The Labute approximate surface area is 168 Å². The zero-order chi connectivity index (χ0) is 20.6. The van der Waals surface area contributed by atoms with Gasteiger partial charge in [-0.3, -0.25) is 14.4 Å². The van der Waals surface area contributed by atoms with Gasteiger partial charge in [-0.2, -0.15) is 0 Å². The lowest BCUT2D eigenvalue weighted by Crippen LogP contribution is -2.10. The summed E-state index contributed by atoms with van der Waals surface area (Å²) in [6, 6.07) is 6.42. The van der Waals surface area contributed by atoms with Crippen LogP contribution in [0.15, 0.2) is 24.3 Å². The van der Waals surface area contributed by atoms with Crippen LogP contribution in [0, 0.1) is 0 Å². The number of benzene rings is 1. The Morgan fingerprint density at radius 2 is 1.32 bits per heavy atom. The molecule has 0 saturated carbocycles. The van der Waals surface area contributed by atoms with Crippen LogP contribution in [0.4, 0.5) is 0 Å². The number of carbonyl (C=O) groups is 3. The van der Waals surface area contributed by atoms with Crippen LogP contribution in [0.3, 0.4) is 0 Å². The number of hydrogen-bond donors (Lipinski definition) is 0. The van der Waals surface area contributed by atoms with Crippen molar-refractivity contribution in [3.8, 4) is 5.75 Å². The molecule has 5 heteroatoms. The predicted octanol–water partition coefficient (Wildman–Crippen LogP) is 5.65. The third-order valence-electron chi connectivity index (χ3n) is 4.52. The fourth-order valence-electron chi connectivity index (χ4n) is 2.81. The molecule has 0 N–H and O–H groups in total. The molecular formula is C23H34O5. The Hall–Kier alpha value is -2.17. The van der Waals surface area contributed by atoms with Gasteiger partial charge < -0.3 is 9.47 Å². The number of ether oxygens (including phenoxy) is 2. The summed E-state index contributed by atoms with van der Waals surface area (Å²) < 4.78 is 10.4. The molecule has 0 spiro atoms. The van der Waals surface area contributed by atoms with Crippen LogP contribution in [0.1, 0.15) is 94.8 Å². The van der Waals surface area contributed by atoms with Crippen molar-refractivity contribution in [3.05, 3.63) is 29.8 Å². The highest BCUT2D eigenvalue weighted by atomic mass is 16.5. The van der Waals surface area contributed by atoms with Gasteiger partial charge in [-0.25, -0.2) is 0 Å². The fourth-order valence-corrected chi connectivity index (χ4v) is 2.81. The Morgan fingerprint density at radius 3 is 1.93 bits per heavy atom. The normalized spacial score (nSPS) is 10.5. The van der Waals surface area contributed by atoms with Gasteiger partial charge in [-0.15, -0.1) is 0 Å². The zero-order valence-electron chi connectivity index (χ0n) is 17.3. The second kappa shape index (κ2) is 14.8. The Morgan fingerprint density at radius 1 is 0.750 bits per heavy atom. The molecule has 0 amide bonds. The van der Waals surface area contributed by atoms with E-state index >= 15 is 0 Å². The minimum atomic E-state index is -0.397. The number of esters is 2. The van der Waals surface area contributed by atoms with Crippen LogP contribution in [-0.4, -0.2) is 24.3 Å². The average Bonchev–Trinajstić information content (AvgIpc) is 2.67. The van der Waals surface area contributed by atoms with Crippen LogP contribution < -0.4 is 4.74 Å². The van der Waals surface area contributed by atoms with Gasteiger partial charge in [0, 0.05) is 18.4 Å². The van der Waals surface area contributed by atoms with E-state index in [4.69, 9.17) is 9.47 Å². The SMILES string of the molecule is CCCCCCCCCCOC(=O)CCCC(=O)Oc1ccc(C(C)=O)cc1. The molecule has 0 aliphatic rings. The molecule has 0 aliphatic heterocycles. The first-order chi connectivity index (χ1) is 13.5. The molecule has 156 valence electrons. The van der Waals surface area contributed by atoms with E-state index in [9.17, 15) is 14.4 Å². The average molecular weight is 391 g/mol. The van der Waals surface area contributed by atoms with Gasteiger partial charge in [0.05, 0.1) is 6.61 Å². The maximum atomic E-state index is 11.8. The maximum Gasteiger partial charge on any atom is 0.311 e. The van der Waals surface area contributed by atoms with Crippen LogP contribution in [0.2, 0.25) is 0 Å². The molecule has 0 radical (unpaired) electrons. The first kappa shape index (κ1) is 23.9. The molecule has 0 fully saturated rings. The van der Waals surface area contributed by atoms with Crippen molar-refractivity contribution < 1.29 is 23.9 Å². The monoisotopic (exact) mass is 390 g/mol. The van der Waals surface area contributed by atoms with Crippen LogP contribution in [0.25, 0.3) is 0 Å². The maximum absolute atomic E-state index is 11.8. The van der Waals surface area contributed by atoms with Crippen molar-refractivity contribution >= 4 is 17.7 Å². The lowest BCUT2D eigenvalue weighted by molar-refractivity contribution is -0.144. The summed E-state index contributed by atoms with van der Waals surface area (Å²) in [7, 11) is 0. The van der Waals surface area contributed by atoms with E-state index < -0.39 is 5.97 Å². The molecule has 5 nitrogen and oxygen atoms in total. The Kier molecular flexibility index (Phi) is 12.6. The minimum Gasteiger partial charge on any atom is -0.466 e. The van der Waals surface area contributed by atoms with Crippen molar-refractivity contribution in [2.45, 2.75) is 84.5 Å². The first-order valence-corrected chi connectivity index (χ1v) is 10.5. The number of rotatable bonds is 15. The molecule has 0 heterocycles. The first-order valence-electron chi connectivity index (χ1n) is 10.5. The fraction of sp³-hybridized carbons (Fsp3) is 0.609. The number of ketones is 1. The summed E-state index contributed by atoms with van der Waals surface area (Å²) in [6.45, 7) is 4.15. The summed E-state index contributed by atoms with van der Waals surface area (Å²) in [4.78, 5) is 34.7. The number of unbranched alkanes of at least 4 members (excludes halogenated alkanes) is 7. The minimum absolute atomic E-state index is 0.0386. The molecular weight excluding hydrogens is 356 g/mol. The predicted molar refractivity (Wildman–Crippen MR) is 110 cm³/mol. The molecule has 0 saturated heterocycles. The van der Waals surface area contributed by atoms with Crippen LogP contribution in [0.5, 0.6) is 5.75 Å². The lowest BCUT2D eigenvalue weighted by atomic mass is 10.1. The van der Waals surface area contributed by atoms with Gasteiger partial charge in [-0.05, 0) is 44.0 Å². The highest BCUT2D eigenvalue weighted by Gasteiger charge is 2.09. The van der Waals surface area contributed by atoms with Crippen LogP contribution >= 0.6 is 0 Å². The molecule has 0 aliphatic carbocycles. The molecule has 1 rings (SSSR count). The quantitative estimate of drug-likeness (QED) is 0.167. The summed E-state index contributed by atoms with van der Waals surface area (Å²) in [6.07, 6.45) is 10.4. The number of carbonyl (C=O) groups excluding carboxylic acids is 3. The molecule has 0 bridgehead atoms. The van der Waals surface area contributed by atoms with Gasteiger partial charge in [0.1, 0.15) is 5.75 Å². The molecule has 0 atom stereocenters. The van der Waals surface area contributed by atoms with E-state index in [1.165, 1.54) is 45.4 Å². The summed E-state index contributed by atoms with van der Waals surface area (Å²) >= 11 is 0. The van der Waals surface area contributed by atoms with Crippen molar-refractivity contribution in [3.63, 3.8) is 0 Å². The largest absolute Gasteiger partial charge is 0.466 e. The Bertz CT molecular complexity index is 592. The molecule has 28 heavy (non-hydrogen) atoms. The second-order valence-electron chi connectivity index (χ2n) is 7.10. The van der Waals surface area contributed by atoms with Crippen LogP contribution in [-0.2, 0) is 14.3 Å². The molecule has 1 aromatic carbocycles. The third-order valence-corrected chi connectivity index (χ3v) is 4.52. The topological polar surface area (TPSA) is 69.7 Å². The Balaban J connectivity index is 2.03. The highest BCUT2D eigenvalue weighted by molar-refractivity contribution is 5.94.